The zero-order valence-electron chi connectivity index (χ0n) is 17.4. The number of ether oxygens (including phenoxy) is 2. The summed E-state index contributed by atoms with van der Waals surface area (Å²) in [6.45, 7) is 7.10. The first-order valence-corrected chi connectivity index (χ1v) is 11.2. The van der Waals surface area contributed by atoms with Gasteiger partial charge in [0, 0.05) is 51.7 Å². The highest BCUT2D eigenvalue weighted by molar-refractivity contribution is 5.92. The number of carbonyl (C=O) groups is 1. The van der Waals surface area contributed by atoms with Crippen LogP contribution in [0, 0.1) is 12.8 Å². The summed E-state index contributed by atoms with van der Waals surface area (Å²) in [6, 6.07) is 0.530. The van der Waals surface area contributed by atoms with E-state index in [0.717, 1.165) is 76.8 Å². The van der Waals surface area contributed by atoms with E-state index in [2.05, 4.69) is 14.9 Å². The minimum atomic E-state index is 0.00554. The Labute approximate surface area is 172 Å². The zero-order chi connectivity index (χ0) is 19.8. The topological polar surface area (TPSA) is 67.8 Å². The molecule has 0 aromatic carbocycles. The predicted octanol–water partition coefficient (Wildman–Crippen LogP) is 2.05. The molecule has 0 N–H and O–H groups in total. The lowest BCUT2D eigenvalue weighted by Crippen LogP contribution is -2.76. The SMILES string of the molecule is Cc1cnc(C(=O)N2CCC(N3CC(OCC4CC4)C34CCOCC4)CC2)cn1. The van der Waals surface area contributed by atoms with Crippen molar-refractivity contribution >= 4 is 5.91 Å². The fraction of sp³-hybridized carbons (Fsp3) is 0.773. The van der Waals surface area contributed by atoms with E-state index in [4.69, 9.17) is 9.47 Å². The Kier molecular flexibility index (Phi) is 5.30. The lowest BCUT2D eigenvalue weighted by molar-refractivity contribution is -0.217. The van der Waals surface area contributed by atoms with Crippen LogP contribution in [0.2, 0.25) is 0 Å². The van der Waals surface area contributed by atoms with Crippen LogP contribution in [0.4, 0.5) is 0 Å². The number of hydrogen-bond acceptors (Lipinski definition) is 6. The van der Waals surface area contributed by atoms with Crippen LogP contribution in [0.3, 0.4) is 0 Å². The normalized spacial score (nSPS) is 27.8. The number of aromatic nitrogens is 2. The molecule has 1 aromatic rings. The molecule has 7 nitrogen and oxygen atoms in total. The molecular weight excluding hydrogens is 368 g/mol. The number of amides is 1. The standard InChI is InChI=1S/C22H32N4O3/c1-16-12-24-19(13-23-16)21(27)25-8-4-18(5-9-25)26-14-20(29-15-17-2-3-17)22(26)6-10-28-11-7-22/h12-13,17-18,20H,2-11,14-15H2,1H3. The van der Waals surface area contributed by atoms with Crippen molar-refractivity contribution in [3.63, 3.8) is 0 Å². The highest BCUT2D eigenvalue weighted by atomic mass is 16.5. The largest absolute Gasteiger partial charge is 0.381 e. The molecule has 29 heavy (non-hydrogen) atoms. The second-order valence-corrected chi connectivity index (χ2v) is 9.20. The lowest BCUT2D eigenvalue weighted by atomic mass is 9.73. The summed E-state index contributed by atoms with van der Waals surface area (Å²) in [5.74, 6) is 0.811. The number of aryl methyl sites for hydroxylation is 1. The summed E-state index contributed by atoms with van der Waals surface area (Å²) in [4.78, 5) is 25.9. The van der Waals surface area contributed by atoms with Gasteiger partial charge >= 0.3 is 0 Å². The van der Waals surface area contributed by atoms with E-state index in [1.54, 1.807) is 12.4 Å². The van der Waals surface area contributed by atoms with E-state index in [9.17, 15) is 4.79 Å². The minimum absolute atomic E-state index is 0.00554. The Balaban J connectivity index is 1.19. The van der Waals surface area contributed by atoms with Crippen molar-refractivity contribution < 1.29 is 14.3 Å². The maximum atomic E-state index is 12.7. The van der Waals surface area contributed by atoms with E-state index in [0.29, 0.717) is 17.8 Å². The molecule has 1 spiro atoms. The fourth-order valence-electron chi connectivity index (χ4n) is 5.24. The first-order chi connectivity index (χ1) is 14.2. The van der Waals surface area contributed by atoms with Crippen molar-refractivity contribution in [3.05, 3.63) is 23.8 Å². The Morgan fingerprint density at radius 2 is 1.93 bits per heavy atom. The van der Waals surface area contributed by atoms with Gasteiger partial charge in [-0.3, -0.25) is 14.7 Å². The van der Waals surface area contributed by atoms with Gasteiger partial charge < -0.3 is 14.4 Å². The van der Waals surface area contributed by atoms with Crippen LogP contribution >= 0.6 is 0 Å². The van der Waals surface area contributed by atoms with Gasteiger partial charge in [0.05, 0.1) is 23.5 Å². The van der Waals surface area contributed by atoms with Crippen LogP contribution in [0.15, 0.2) is 12.4 Å². The molecule has 1 unspecified atom stereocenters. The maximum absolute atomic E-state index is 12.7. The van der Waals surface area contributed by atoms with E-state index in [1.165, 1.54) is 12.8 Å². The monoisotopic (exact) mass is 400 g/mol. The summed E-state index contributed by atoms with van der Waals surface area (Å²) in [5.41, 5.74) is 1.44. The zero-order valence-corrected chi connectivity index (χ0v) is 17.4. The van der Waals surface area contributed by atoms with Crippen molar-refractivity contribution in [2.45, 2.75) is 63.1 Å². The minimum Gasteiger partial charge on any atom is -0.381 e. The van der Waals surface area contributed by atoms with Gasteiger partial charge in [0.25, 0.3) is 5.91 Å². The third kappa shape index (κ3) is 3.80. The molecule has 1 atom stereocenters. The molecule has 3 aliphatic heterocycles. The van der Waals surface area contributed by atoms with Crippen LogP contribution in [-0.4, -0.2) is 82.8 Å². The van der Waals surface area contributed by atoms with Crippen molar-refractivity contribution in [2.24, 2.45) is 5.92 Å². The van der Waals surface area contributed by atoms with Gasteiger partial charge in [0.2, 0.25) is 0 Å². The Morgan fingerprint density at radius 3 is 2.59 bits per heavy atom. The second-order valence-electron chi connectivity index (χ2n) is 9.20. The Hall–Kier alpha value is -1.57. The summed E-state index contributed by atoms with van der Waals surface area (Å²) >= 11 is 0. The van der Waals surface area contributed by atoms with Crippen LogP contribution < -0.4 is 0 Å². The van der Waals surface area contributed by atoms with Crippen molar-refractivity contribution in [1.82, 2.24) is 19.8 Å². The van der Waals surface area contributed by atoms with Gasteiger partial charge in [-0.15, -0.1) is 0 Å². The molecule has 1 amide bonds. The lowest BCUT2D eigenvalue weighted by Gasteiger charge is -2.63. The number of likely N-dealkylation sites (tertiary alicyclic amines) is 2. The summed E-state index contributed by atoms with van der Waals surface area (Å²) < 4.78 is 12.0. The van der Waals surface area contributed by atoms with E-state index >= 15 is 0 Å². The summed E-state index contributed by atoms with van der Waals surface area (Å²) in [6.07, 6.45) is 10.5. The molecule has 0 radical (unpaired) electrons. The summed E-state index contributed by atoms with van der Waals surface area (Å²) in [7, 11) is 0. The van der Waals surface area contributed by atoms with E-state index < -0.39 is 0 Å². The molecule has 1 aromatic heterocycles. The Morgan fingerprint density at radius 1 is 1.17 bits per heavy atom. The molecule has 0 bridgehead atoms. The molecule has 1 saturated carbocycles. The fourth-order valence-corrected chi connectivity index (χ4v) is 5.24. The molecule has 1 aliphatic carbocycles. The summed E-state index contributed by atoms with van der Waals surface area (Å²) in [5, 5.41) is 0. The van der Waals surface area contributed by atoms with Gasteiger partial charge in [0.1, 0.15) is 5.69 Å². The second kappa shape index (κ2) is 7.93. The van der Waals surface area contributed by atoms with Gasteiger partial charge in [0.15, 0.2) is 0 Å². The molecule has 3 saturated heterocycles. The van der Waals surface area contributed by atoms with Crippen molar-refractivity contribution in [2.75, 3.05) is 39.5 Å². The average Bonchev–Trinajstić information content (AvgIpc) is 3.58. The van der Waals surface area contributed by atoms with E-state index in [-0.39, 0.29) is 11.4 Å². The van der Waals surface area contributed by atoms with Crippen molar-refractivity contribution in [3.8, 4) is 0 Å². The molecule has 4 aliphatic rings. The quantitative estimate of drug-likeness (QED) is 0.754. The smallest absolute Gasteiger partial charge is 0.274 e. The van der Waals surface area contributed by atoms with Crippen LogP contribution in [0.1, 0.15) is 54.7 Å². The van der Waals surface area contributed by atoms with Gasteiger partial charge in [-0.25, -0.2) is 4.98 Å². The third-order valence-corrected chi connectivity index (χ3v) is 7.32. The molecular formula is C22H32N4O3. The third-order valence-electron chi connectivity index (χ3n) is 7.32. The Bertz CT molecular complexity index is 722. The van der Waals surface area contributed by atoms with Crippen molar-refractivity contribution in [1.29, 1.82) is 0 Å². The predicted molar refractivity (Wildman–Crippen MR) is 108 cm³/mol. The molecule has 5 rings (SSSR count). The first kappa shape index (κ1) is 19.4. The number of hydrogen-bond donors (Lipinski definition) is 0. The van der Waals surface area contributed by atoms with E-state index in [1.807, 2.05) is 11.8 Å². The van der Waals surface area contributed by atoms with Crippen LogP contribution in [0.25, 0.3) is 0 Å². The van der Waals surface area contributed by atoms with Gasteiger partial charge in [-0.05, 0) is 51.4 Å². The average molecular weight is 401 g/mol. The number of rotatable bonds is 5. The molecule has 4 heterocycles. The van der Waals surface area contributed by atoms with Gasteiger partial charge in [-0.2, -0.15) is 0 Å². The highest BCUT2D eigenvalue weighted by Crippen LogP contribution is 2.45. The molecule has 7 heteroatoms. The van der Waals surface area contributed by atoms with Crippen LogP contribution in [0.5, 0.6) is 0 Å². The van der Waals surface area contributed by atoms with Gasteiger partial charge in [-0.1, -0.05) is 0 Å². The number of nitrogens with zero attached hydrogens (tertiary/aromatic N) is 4. The van der Waals surface area contributed by atoms with Crippen LogP contribution in [-0.2, 0) is 9.47 Å². The number of carbonyl (C=O) groups excluding carboxylic acids is 1. The molecule has 4 fully saturated rings. The maximum Gasteiger partial charge on any atom is 0.274 e. The molecule has 158 valence electrons. The highest BCUT2D eigenvalue weighted by Gasteiger charge is 2.57. The number of piperidine rings is 1. The first-order valence-electron chi connectivity index (χ1n) is 11.2.